The highest BCUT2D eigenvalue weighted by Crippen LogP contribution is 1.91. The third-order valence-electron chi connectivity index (χ3n) is 2.35. The Morgan fingerprint density at radius 2 is 1.15 bits per heavy atom. The van der Waals surface area contributed by atoms with E-state index >= 15 is 0 Å². The molecule has 0 saturated heterocycles. The van der Waals surface area contributed by atoms with Gasteiger partial charge < -0.3 is 28.4 Å². The molecule has 6 heteroatoms. The van der Waals surface area contributed by atoms with Crippen molar-refractivity contribution < 1.29 is 28.4 Å². The lowest BCUT2D eigenvalue weighted by atomic mass is 10.4. The Morgan fingerprint density at radius 1 is 0.700 bits per heavy atom. The summed E-state index contributed by atoms with van der Waals surface area (Å²) in [5.41, 5.74) is 0. The SMILES string of the molecule is CCOC(C)COCCOCCOCCOCCOC. The summed E-state index contributed by atoms with van der Waals surface area (Å²) < 4.78 is 31.6. The Morgan fingerprint density at radius 3 is 1.60 bits per heavy atom. The molecule has 0 spiro atoms. The summed E-state index contributed by atoms with van der Waals surface area (Å²) in [6.07, 6.45) is 0.140. The van der Waals surface area contributed by atoms with Crippen LogP contribution in [0.5, 0.6) is 0 Å². The average Bonchev–Trinajstić information content (AvgIpc) is 2.44. The Bertz CT molecular complexity index is 179. The molecule has 6 nitrogen and oxygen atoms in total. The summed E-state index contributed by atoms with van der Waals surface area (Å²) >= 11 is 0. The third-order valence-corrected chi connectivity index (χ3v) is 2.35. The van der Waals surface area contributed by atoms with E-state index in [1.807, 2.05) is 13.8 Å². The molecule has 122 valence electrons. The molecule has 0 aromatic rings. The minimum atomic E-state index is 0.140. The van der Waals surface area contributed by atoms with Gasteiger partial charge in [0.2, 0.25) is 0 Å². The lowest BCUT2D eigenvalue weighted by Gasteiger charge is -2.12. The predicted octanol–water partition coefficient (Wildman–Crippen LogP) is 1.12. The Hall–Kier alpha value is -0.240. The number of hydrogen-bond acceptors (Lipinski definition) is 6. The van der Waals surface area contributed by atoms with Crippen LogP contribution in [0, 0.1) is 0 Å². The van der Waals surface area contributed by atoms with Gasteiger partial charge in [0.05, 0.1) is 65.6 Å². The van der Waals surface area contributed by atoms with E-state index < -0.39 is 0 Å². The quantitative estimate of drug-likeness (QED) is 0.398. The van der Waals surface area contributed by atoms with Gasteiger partial charge in [-0.15, -0.1) is 0 Å². The highest BCUT2D eigenvalue weighted by molar-refractivity contribution is 4.45. The maximum absolute atomic E-state index is 5.41. The van der Waals surface area contributed by atoms with E-state index in [-0.39, 0.29) is 6.10 Å². The van der Waals surface area contributed by atoms with E-state index in [9.17, 15) is 0 Å². The van der Waals surface area contributed by atoms with Crippen LogP contribution in [0.2, 0.25) is 0 Å². The Kier molecular flexibility index (Phi) is 16.6. The first-order chi connectivity index (χ1) is 9.81. The van der Waals surface area contributed by atoms with Crippen molar-refractivity contribution in [1.29, 1.82) is 0 Å². The Balaban J connectivity index is 2.99. The van der Waals surface area contributed by atoms with Crippen LogP contribution in [0.15, 0.2) is 0 Å². The maximum atomic E-state index is 5.41. The molecule has 20 heavy (non-hydrogen) atoms. The first-order valence-corrected chi connectivity index (χ1v) is 7.22. The summed E-state index contributed by atoms with van der Waals surface area (Å²) in [7, 11) is 1.65. The molecule has 0 heterocycles. The van der Waals surface area contributed by atoms with Gasteiger partial charge in [-0.3, -0.25) is 0 Å². The molecule has 0 aliphatic rings. The van der Waals surface area contributed by atoms with Crippen molar-refractivity contribution in [2.24, 2.45) is 0 Å². The highest BCUT2D eigenvalue weighted by Gasteiger charge is 2.00. The standard InChI is InChI=1S/C14H30O6/c1-4-20-14(2)13-19-12-11-18-10-9-17-8-7-16-6-5-15-3/h14H,4-13H2,1-3H3. The first kappa shape index (κ1) is 19.8. The van der Waals surface area contributed by atoms with Crippen LogP contribution < -0.4 is 0 Å². The van der Waals surface area contributed by atoms with Crippen molar-refractivity contribution in [3.63, 3.8) is 0 Å². The Labute approximate surface area is 122 Å². The van der Waals surface area contributed by atoms with Crippen LogP contribution in [-0.4, -0.2) is 79.3 Å². The van der Waals surface area contributed by atoms with Gasteiger partial charge in [-0.1, -0.05) is 0 Å². The molecule has 0 fully saturated rings. The molecule has 0 aliphatic carbocycles. The molecular weight excluding hydrogens is 264 g/mol. The molecular formula is C14H30O6. The number of hydrogen-bond donors (Lipinski definition) is 0. The van der Waals surface area contributed by atoms with E-state index in [4.69, 9.17) is 28.4 Å². The van der Waals surface area contributed by atoms with E-state index in [0.717, 1.165) is 0 Å². The fourth-order valence-corrected chi connectivity index (χ4v) is 1.38. The van der Waals surface area contributed by atoms with Crippen molar-refractivity contribution in [3.05, 3.63) is 0 Å². The topological polar surface area (TPSA) is 55.4 Å². The second-order valence-electron chi connectivity index (χ2n) is 4.17. The number of rotatable bonds is 16. The van der Waals surface area contributed by atoms with Gasteiger partial charge in [0, 0.05) is 13.7 Å². The van der Waals surface area contributed by atoms with E-state index in [1.165, 1.54) is 0 Å². The second-order valence-corrected chi connectivity index (χ2v) is 4.17. The van der Waals surface area contributed by atoms with E-state index in [0.29, 0.717) is 66.1 Å². The lowest BCUT2D eigenvalue weighted by molar-refractivity contribution is -0.0308. The van der Waals surface area contributed by atoms with Gasteiger partial charge in [-0.2, -0.15) is 0 Å². The lowest BCUT2D eigenvalue weighted by Crippen LogP contribution is -2.18. The second kappa shape index (κ2) is 16.8. The van der Waals surface area contributed by atoms with E-state index in [2.05, 4.69) is 0 Å². The summed E-state index contributed by atoms with van der Waals surface area (Å²) in [6.45, 7) is 9.97. The van der Waals surface area contributed by atoms with Crippen molar-refractivity contribution in [2.75, 3.05) is 73.2 Å². The fourth-order valence-electron chi connectivity index (χ4n) is 1.38. The van der Waals surface area contributed by atoms with Crippen LogP contribution >= 0.6 is 0 Å². The molecule has 0 amide bonds. The van der Waals surface area contributed by atoms with Gasteiger partial charge in [-0.05, 0) is 13.8 Å². The molecule has 0 N–H and O–H groups in total. The van der Waals surface area contributed by atoms with Crippen LogP contribution in [0.25, 0.3) is 0 Å². The first-order valence-electron chi connectivity index (χ1n) is 7.22. The highest BCUT2D eigenvalue weighted by atomic mass is 16.6. The van der Waals surface area contributed by atoms with Crippen molar-refractivity contribution >= 4 is 0 Å². The fraction of sp³-hybridized carbons (Fsp3) is 1.00. The molecule has 0 radical (unpaired) electrons. The van der Waals surface area contributed by atoms with Crippen LogP contribution in [0.3, 0.4) is 0 Å². The third kappa shape index (κ3) is 15.8. The minimum Gasteiger partial charge on any atom is -0.382 e. The van der Waals surface area contributed by atoms with Gasteiger partial charge in [0.1, 0.15) is 0 Å². The summed E-state index contributed by atoms with van der Waals surface area (Å²) in [4.78, 5) is 0. The number of ether oxygens (including phenoxy) is 6. The molecule has 1 atom stereocenters. The molecule has 0 aromatic heterocycles. The van der Waals surface area contributed by atoms with Gasteiger partial charge in [-0.25, -0.2) is 0 Å². The van der Waals surface area contributed by atoms with Gasteiger partial charge >= 0.3 is 0 Å². The van der Waals surface area contributed by atoms with E-state index in [1.54, 1.807) is 7.11 Å². The zero-order chi connectivity index (χ0) is 14.9. The normalized spacial score (nSPS) is 12.8. The van der Waals surface area contributed by atoms with Gasteiger partial charge in [0.15, 0.2) is 0 Å². The van der Waals surface area contributed by atoms with Crippen LogP contribution in [-0.2, 0) is 28.4 Å². The minimum absolute atomic E-state index is 0.140. The molecule has 1 unspecified atom stereocenters. The zero-order valence-corrected chi connectivity index (χ0v) is 13.1. The smallest absolute Gasteiger partial charge is 0.0780 e. The maximum Gasteiger partial charge on any atom is 0.0780 e. The van der Waals surface area contributed by atoms with Crippen LogP contribution in [0.4, 0.5) is 0 Å². The van der Waals surface area contributed by atoms with Crippen molar-refractivity contribution in [3.8, 4) is 0 Å². The largest absolute Gasteiger partial charge is 0.382 e. The molecule has 0 saturated carbocycles. The molecule has 0 rings (SSSR count). The van der Waals surface area contributed by atoms with Crippen LogP contribution in [0.1, 0.15) is 13.8 Å². The zero-order valence-electron chi connectivity index (χ0n) is 13.1. The average molecular weight is 294 g/mol. The van der Waals surface area contributed by atoms with Gasteiger partial charge in [0.25, 0.3) is 0 Å². The molecule has 0 aliphatic heterocycles. The molecule has 0 aromatic carbocycles. The monoisotopic (exact) mass is 294 g/mol. The summed E-state index contributed by atoms with van der Waals surface area (Å²) in [6, 6.07) is 0. The number of methoxy groups -OCH3 is 1. The molecule has 0 bridgehead atoms. The predicted molar refractivity (Wildman–Crippen MR) is 76.2 cm³/mol. The van der Waals surface area contributed by atoms with Crippen molar-refractivity contribution in [2.45, 2.75) is 20.0 Å². The van der Waals surface area contributed by atoms with Crippen molar-refractivity contribution in [1.82, 2.24) is 0 Å². The summed E-state index contributed by atoms with van der Waals surface area (Å²) in [5.74, 6) is 0. The summed E-state index contributed by atoms with van der Waals surface area (Å²) in [5, 5.41) is 0.